The normalized spacial score (nSPS) is 18.6. The van der Waals surface area contributed by atoms with Gasteiger partial charge in [-0.05, 0) is 42.7 Å². The van der Waals surface area contributed by atoms with Crippen LogP contribution in [0.15, 0.2) is 30.3 Å². The number of methoxy groups -OCH3 is 2. The molecule has 8 nitrogen and oxygen atoms in total. The van der Waals surface area contributed by atoms with Gasteiger partial charge in [0.2, 0.25) is 5.75 Å². The number of piperazine rings is 1. The molecule has 0 atom stereocenters. The van der Waals surface area contributed by atoms with Crippen LogP contribution in [0.5, 0.6) is 17.2 Å². The fraction of sp³-hybridized carbons (Fsp3) is 0.481. The highest BCUT2D eigenvalue weighted by Gasteiger charge is 2.34. The van der Waals surface area contributed by atoms with Crippen LogP contribution >= 0.6 is 0 Å². The first-order valence-electron chi connectivity index (χ1n) is 12.4. The van der Waals surface area contributed by atoms with Crippen LogP contribution in [-0.4, -0.2) is 73.2 Å². The van der Waals surface area contributed by atoms with Gasteiger partial charge < -0.3 is 29.3 Å². The van der Waals surface area contributed by atoms with E-state index in [9.17, 15) is 14.7 Å². The first-order chi connectivity index (χ1) is 17.0. The summed E-state index contributed by atoms with van der Waals surface area (Å²) in [4.78, 5) is 32.4. The summed E-state index contributed by atoms with van der Waals surface area (Å²) in [7, 11) is 2.88. The maximum Gasteiger partial charge on any atom is 0.254 e. The predicted molar refractivity (Wildman–Crippen MR) is 133 cm³/mol. The van der Waals surface area contributed by atoms with Crippen LogP contribution in [0, 0.1) is 0 Å². The number of amides is 2. The Balaban J connectivity index is 1.25. The summed E-state index contributed by atoms with van der Waals surface area (Å²) < 4.78 is 10.4. The Labute approximate surface area is 206 Å². The van der Waals surface area contributed by atoms with Crippen molar-refractivity contribution in [3.63, 3.8) is 0 Å². The van der Waals surface area contributed by atoms with Gasteiger partial charge in [0.05, 0.1) is 14.2 Å². The van der Waals surface area contributed by atoms with Gasteiger partial charge in [0.15, 0.2) is 11.5 Å². The van der Waals surface area contributed by atoms with Gasteiger partial charge in [-0.3, -0.25) is 9.59 Å². The molecule has 0 radical (unpaired) electrons. The molecule has 35 heavy (non-hydrogen) atoms. The van der Waals surface area contributed by atoms with Gasteiger partial charge in [-0.15, -0.1) is 0 Å². The first-order valence-corrected chi connectivity index (χ1v) is 12.4. The minimum atomic E-state index is -0.131. The van der Waals surface area contributed by atoms with Crippen LogP contribution in [0.1, 0.15) is 58.4 Å². The average molecular weight is 480 g/mol. The Morgan fingerprint density at radius 3 is 2.23 bits per heavy atom. The number of aromatic hydroxyl groups is 1. The summed E-state index contributed by atoms with van der Waals surface area (Å²) in [6.45, 7) is 3.20. The van der Waals surface area contributed by atoms with Crippen LogP contribution in [0.2, 0.25) is 0 Å². The average Bonchev–Trinajstić information content (AvgIpc) is 3.24. The molecule has 1 N–H and O–H groups in total. The molecule has 2 fully saturated rings. The smallest absolute Gasteiger partial charge is 0.254 e. The lowest BCUT2D eigenvalue weighted by molar-refractivity contribution is 0.0659. The van der Waals surface area contributed by atoms with Gasteiger partial charge in [-0.1, -0.05) is 25.3 Å². The molecule has 186 valence electrons. The number of rotatable bonds is 5. The topological polar surface area (TPSA) is 82.6 Å². The molecule has 2 aromatic carbocycles. The summed E-state index contributed by atoms with van der Waals surface area (Å²) >= 11 is 0. The summed E-state index contributed by atoms with van der Waals surface area (Å²) in [6, 6.07) is 9.68. The van der Waals surface area contributed by atoms with Crippen LogP contribution < -0.4 is 14.4 Å². The van der Waals surface area contributed by atoms with E-state index >= 15 is 0 Å². The fourth-order valence-electron chi connectivity index (χ4n) is 5.56. The van der Waals surface area contributed by atoms with Gasteiger partial charge in [-0.25, -0.2) is 0 Å². The number of fused-ring (bicyclic) bond motifs is 1. The molecule has 2 amide bonds. The van der Waals surface area contributed by atoms with Crippen molar-refractivity contribution in [2.24, 2.45) is 0 Å². The number of phenols is 1. The van der Waals surface area contributed by atoms with Crippen LogP contribution in [0.4, 0.5) is 5.69 Å². The van der Waals surface area contributed by atoms with Crippen molar-refractivity contribution in [1.82, 2.24) is 9.80 Å². The lowest BCUT2D eigenvalue weighted by Crippen LogP contribution is -2.48. The van der Waals surface area contributed by atoms with E-state index in [-0.39, 0.29) is 29.1 Å². The minimum absolute atomic E-state index is 0.121. The molecule has 1 aliphatic carbocycles. The van der Waals surface area contributed by atoms with Gasteiger partial charge in [-0.2, -0.15) is 0 Å². The molecule has 8 heteroatoms. The lowest BCUT2D eigenvalue weighted by atomic mass is 9.94. The summed E-state index contributed by atoms with van der Waals surface area (Å²) in [5.74, 6) is 0.323. The molecule has 1 saturated heterocycles. The third-order valence-electron chi connectivity index (χ3n) is 7.60. The SMILES string of the molecule is COc1cc(C(=O)N2CCN(c3ccc4c(c3)C(=O)N(C3CCCCC3)C4)CC2)cc(OC)c1O. The summed E-state index contributed by atoms with van der Waals surface area (Å²) in [5, 5.41) is 10.1. The quantitative estimate of drug-likeness (QED) is 0.705. The Bertz CT molecular complexity index is 1090. The fourth-order valence-corrected chi connectivity index (χ4v) is 5.56. The van der Waals surface area contributed by atoms with E-state index in [1.165, 1.54) is 45.6 Å². The summed E-state index contributed by atoms with van der Waals surface area (Å²) in [5.41, 5.74) is 3.39. The molecule has 0 spiro atoms. The number of anilines is 1. The molecule has 3 aliphatic rings. The van der Waals surface area contributed by atoms with E-state index in [1.807, 2.05) is 6.07 Å². The van der Waals surface area contributed by atoms with Gasteiger partial charge in [0.25, 0.3) is 11.8 Å². The highest BCUT2D eigenvalue weighted by Crippen LogP contribution is 2.38. The number of hydrogen-bond acceptors (Lipinski definition) is 6. The van der Waals surface area contributed by atoms with Crippen molar-refractivity contribution in [2.45, 2.75) is 44.7 Å². The molecular formula is C27H33N3O5. The molecule has 2 aromatic rings. The zero-order valence-electron chi connectivity index (χ0n) is 20.5. The second kappa shape index (κ2) is 9.68. The molecular weight excluding hydrogens is 446 g/mol. The van der Waals surface area contributed by atoms with Crippen molar-refractivity contribution < 1.29 is 24.2 Å². The number of nitrogens with zero attached hydrogens (tertiary/aromatic N) is 3. The summed E-state index contributed by atoms with van der Waals surface area (Å²) in [6.07, 6.45) is 5.92. The Morgan fingerprint density at radius 1 is 0.943 bits per heavy atom. The van der Waals surface area contributed by atoms with Crippen LogP contribution in [0.25, 0.3) is 0 Å². The van der Waals surface area contributed by atoms with E-state index in [4.69, 9.17) is 9.47 Å². The third kappa shape index (κ3) is 4.37. The van der Waals surface area contributed by atoms with E-state index in [2.05, 4.69) is 21.9 Å². The number of phenolic OH excluding ortho intramolecular Hbond substituents is 1. The van der Waals surface area contributed by atoms with Gasteiger partial charge >= 0.3 is 0 Å². The maximum absolute atomic E-state index is 13.2. The highest BCUT2D eigenvalue weighted by molar-refractivity contribution is 5.99. The lowest BCUT2D eigenvalue weighted by Gasteiger charge is -2.36. The Morgan fingerprint density at radius 2 is 1.60 bits per heavy atom. The molecule has 5 rings (SSSR count). The van der Waals surface area contributed by atoms with Crippen molar-refractivity contribution >= 4 is 17.5 Å². The number of ether oxygens (including phenoxy) is 2. The van der Waals surface area contributed by atoms with E-state index in [0.717, 1.165) is 36.2 Å². The van der Waals surface area contributed by atoms with Gasteiger partial charge in [0.1, 0.15) is 0 Å². The molecule has 2 heterocycles. The second-order valence-corrected chi connectivity index (χ2v) is 9.57. The number of hydrogen-bond donors (Lipinski definition) is 1. The third-order valence-corrected chi connectivity index (χ3v) is 7.60. The van der Waals surface area contributed by atoms with Crippen LogP contribution in [-0.2, 0) is 6.54 Å². The monoisotopic (exact) mass is 479 g/mol. The first kappa shape index (κ1) is 23.3. The Kier molecular flexibility index (Phi) is 6.45. The Hall–Kier alpha value is -3.42. The van der Waals surface area contributed by atoms with E-state index < -0.39 is 0 Å². The molecule has 1 saturated carbocycles. The molecule has 0 unspecified atom stereocenters. The number of carbonyl (C=O) groups is 2. The zero-order chi connectivity index (χ0) is 24.5. The maximum atomic E-state index is 13.2. The largest absolute Gasteiger partial charge is 0.502 e. The zero-order valence-corrected chi connectivity index (χ0v) is 20.5. The van der Waals surface area contributed by atoms with Crippen LogP contribution in [0.3, 0.4) is 0 Å². The van der Waals surface area contributed by atoms with E-state index in [1.54, 1.807) is 4.90 Å². The minimum Gasteiger partial charge on any atom is -0.502 e. The number of benzene rings is 2. The van der Waals surface area contributed by atoms with Crippen molar-refractivity contribution in [3.05, 3.63) is 47.0 Å². The standard InChI is InChI=1S/C27H33N3O5/c1-34-23-14-19(15-24(35-2)25(23)31)26(32)29-12-10-28(11-13-29)21-9-8-18-17-30(27(33)22(18)16-21)20-6-4-3-5-7-20/h8-9,14-16,20,31H,3-7,10-13,17H2,1-2H3. The van der Waals surface area contributed by atoms with Crippen molar-refractivity contribution in [2.75, 3.05) is 45.3 Å². The molecule has 2 aliphatic heterocycles. The highest BCUT2D eigenvalue weighted by atomic mass is 16.5. The molecule has 0 aromatic heterocycles. The van der Waals surface area contributed by atoms with Crippen molar-refractivity contribution in [1.29, 1.82) is 0 Å². The second-order valence-electron chi connectivity index (χ2n) is 9.57. The van der Waals surface area contributed by atoms with Gasteiger partial charge in [0, 0.05) is 55.6 Å². The van der Waals surface area contributed by atoms with Crippen molar-refractivity contribution in [3.8, 4) is 17.2 Å². The number of carbonyl (C=O) groups excluding carboxylic acids is 2. The predicted octanol–water partition coefficient (Wildman–Crippen LogP) is 3.66. The van der Waals surface area contributed by atoms with E-state index in [0.29, 0.717) is 37.8 Å². The molecule has 0 bridgehead atoms.